The number of fused-ring (bicyclic) bond motifs is 1. The number of carbonyl (C=O) groups excluding carboxylic acids is 1. The predicted octanol–water partition coefficient (Wildman–Crippen LogP) is 3.52. The average Bonchev–Trinajstić information content (AvgIpc) is 3.32. The molecule has 5 nitrogen and oxygen atoms in total. The van der Waals surface area contributed by atoms with Gasteiger partial charge in [0, 0.05) is 24.2 Å². The van der Waals surface area contributed by atoms with E-state index in [9.17, 15) is 18.0 Å². The third kappa shape index (κ3) is 2.98. The largest absolute Gasteiger partial charge is 0.433 e. The van der Waals surface area contributed by atoms with Crippen molar-refractivity contribution >= 4 is 11.6 Å². The standard InChI is InChI=1S/C17H19F3N4O/c1-10-8-14(17(18,19)20)24-15(21-10)9-12(22-24)13-4-2-3-7-23(13)16(25)11-5-6-11/h8-9,11,13H,2-7H2,1H3. The number of hydrogen-bond acceptors (Lipinski definition) is 3. The Morgan fingerprint density at radius 3 is 2.64 bits per heavy atom. The Labute approximate surface area is 142 Å². The minimum Gasteiger partial charge on any atom is -0.334 e. The van der Waals surface area contributed by atoms with Gasteiger partial charge in [-0.15, -0.1) is 0 Å². The first-order valence-electron chi connectivity index (χ1n) is 8.59. The number of halogens is 3. The molecule has 2 aromatic heterocycles. The van der Waals surface area contributed by atoms with Crippen LogP contribution in [0, 0.1) is 12.8 Å². The van der Waals surface area contributed by atoms with Crippen LogP contribution in [0.4, 0.5) is 13.2 Å². The van der Waals surface area contributed by atoms with Crippen LogP contribution in [0.1, 0.15) is 55.2 Å². The Hall–Kier alpha value is -2.12. The van der Waals surface area contributed by atoms with Gasteiger partial charge < -0.3 is 4.90 Å². The Balaban J connectivity index is 1.76. The van der Waals surface area contributed by atoms with Gasteiger partial charge in [0.25, 0.3) is 0 Å². The minimum absolute atomic E-state index is 0.0868. The molecule has 2 aromatic rings. The molecular formula is C17H19F3N4O. The number of aromatic nitrogens is 3. The van der Waals surface area contributed by atoms with Crippen molar-refractivity contribution in [1.82, 2.24) is 19.5 Å². The summed E-state index contributed by atoms with van der Waals surface area (Å²) in [6.07, 6.45) is -0.106. The highest BCUT2D eigenvalue weighted by Gasteiger charge is 2.39. The van der Waals surface area contributed by atoms with E-state index in [-0.39, 0.29) is 23.5 Å². The summed E-state index contributed by atoms with van der Waals surface area (Å²) in [6, 6.07) is 2.33. The number of hydrogen-bond donors (Lipinski definition) is 0. The zero-order valence-electron chi connectivity index (χ0n) is 13.9. The Morgan fingerprint density at radius 2 is 1.96 bits per heavy atom. The fourth-order valence-electron chi connectivity index (χ4n) is 3.55. The molecule has 8 heteroatoms. The molecule has 0 N–H and O–H groups in total. The van der Waals surface area contributed by atoms with Gasteiger partial charge in [0.2, 0.25) is 5.91 Å². The van der Waals surface area contributed by atoms with Gasteiger partial charge in [-0.05, 0) is 45.1 Å². The highest BCUT2D eigenvalue weighted by Crippen LogP contribution is 2.38. The van der Waals surface area contributed by atoms with E-state index in [1.807, 2.05) is 4.90 Å². The van der Waals surface area contributed by atoms with Crippen LogP contribution >= 0.6 is 0 Å². The molecule has 0 radical (unpaired) electrons. The number of piperidine rings is 1. The lowest BCUT2D eigenvalue weighted by Gasteiger charge is -2.35. The average molecular weight is 352 g/mol. The van der Waals surface area contributed by atoms with E-state index < -0.39 is 11.9 Å². The second-order valence-corrected chi connectivity index (χ2v) is 6.94. The van der Waals surface area contributed by atoms with Crippen LogP contribution in [0.3, 0.4) is 0 Å². The lowest BCUT2D eigenvalue weighted by molar-refractivity contribution is -0.143. The Bertz CT molecular complexity index is 825. The maximum Gasteiger partial charge on any atom is 0.433 e. The molecule has 1 aliphatic heterocycles. The van der Waals surface area contributed by atoms with Crippen molar-refractivity contribution < 1.29 is 18.0 Å². The van der Waals surface area contributed by atoms with Crippen molar-refractivity contribution in [2.45, 2.75) is 51.2 Å². The molecule has 0 bridgehead atoms. The summed E-state index contributed by atoms with van der Waals surface area (Å²) in [5.41, 5.74) is 0.127. The zero-order chi connectivity index (χ0) is 17.8. The number of amides is 1. The van der Waals surface area contributed by atoms with Gasteiger partial charge in [-0.1, -0.05) is 0 Å². The van der Waals surface area contributed by atoms with Gasteiger partial charge in [0.05, 0.1) is 11.7 Å². The third-order valence-electron chi connectivity index (χ3n) is 4.92. The Kier molecular flexibility index (Phi) is 3.73. The van der Waals surface area contributed by atoms with E-state index in [0.717, 1.165) is 42.7 Å². The van der Waals surface area contributed by atoms with E-state index in [0.29, 0.717) is 17.9 Å². The number of alkyl halides is 3. The summed E-state index contributed by atoms with van der Waals surface area (Å²) in [5.74, 6) is 0.200. The molecule has 4 rings (SSSR count). The smallest absolute Gasteiger partial charge is 0.334 e. The van der Waals surface area contributed by atoms with E-state index in [1.165, 1.54) is 6.92 Å². The second kappa shape index (κ2) is 5.71. The summed E-state index contributed by atoms with van der Waals surface area (Å²) in [6.45, 7) is 2.18. The molecule has 0 aromatic carbocycles. The molecule has 1 unspecified atom stereocenters. The van der Waals surface area contributed by atoms with Crippen molar-refractivity contribution in [3.8, 4) is 0 Å². The van der Waals surface area contributed by atoms with Crippen LogP contribution in [-0.4, -0.2) is 31.9 Å². The van der Waals surface area contributed by atoms with E-state index >= 15 is 0 Å². The summed E-state index contributed by atoms with van der Waals surface area (Å²) in [7, 11) is 0. The number of aryl methyl sites for hydroxylation is 1. The first-order valence-corrected chi connectivity index (χ1v) is 8.59. The van der Waals surface area contributed by atoms with Crippen LogP contribution in [-0.2, 0) is 11.0 Å². The molecule has 3 heterocycles. The Morgan fingerprint density at radius 1 is 1.20 bits per heavy atom. The van der Waals surface area contributed by atoms with Gasteiger partial charge in [-0.3, -0.25) is 4.79 Å². The lowest BCUT2D eigenvalue weighted by Crippen LogP contribution is -2.39. The highest BCUT2D eigenvalue weighted by atomic mass is 19.4. The van der Waals surface area contributed by atoms with Crippen LogP contribution in [0.2, 0.25) is 0 Å². The molecule has 2 fully saturated rings. The monoisotopic (exact) mass is 352 g/mol. The summed E-state index contributed by atoms with van der Waals surface area (Å²) >= 11 is 0. The fourth-order valence-corrected chi connectivity index (χ4v) is 3.55. The van der Waals surface area contributed by atoms with Gasteiger partial charge in [-0.25, -0.2) is 9.50 Å². The minimum atomic E-state index is -4.51. The number of likely N-dealkylation sites (tertiary alicyclic amines) is 1. The van der Waals surface area contributed by atoms with Crippen molar-refractivity contribution in [2.75, 3.05) is 6.54 Å². The molecule has 0 spiro atoms. The molecule has 1 amide bonds. The van der Waals surface area contributed by atoms with Crippen molar-refractivity contribution in [3.63, 3.8) is 0 Å². The van der Waals surface area contributed by atoms with Gasteiger partial charge >= 0.3 is 6.18 Å². The van der Waals surface area contributed by atoms with Gasteiger partial charge in [0.15, 0.2) is 5.65 Å². The zero-order valence-corrected chi connectivity index (χ0v) is 13.9. The van der Waals surface area contributed by atoms with Crippen molar-refractivity contribution in [1.29, 1.82) is 0 Å². The molecule has 1 atom stereocenters. The van der Waals surface area contributed by atoms with Crippen LogP contribution in [0.25, 0.3) is 5.65 Å². The molecule has 134 valence electrons. The SMILES string of the molecule is Cc1cc(C(F)(F)F)n2nc(C3CCCCN3C(=O)C3CC3)cc2n1. The molecular weight excluding hydrogens is 333 g/mol. The third-order valence-corrected chi connectivity index (χ3v) is 4.92. The molecule has 2 aliphatic rings. The van der Waals surface area contributed by atoms with E-state index in [4.69, 9.17) is 0 Å². The summed E-state index contributed by atoms with van der Waals surface area (Å²) in [5, 5.41) is 4.20. The molecule has 25 heavy (non-hydrogen) atoms. The van der Waals surface area contributed by atoms with Crippen LogP contribution in [0.5, 0.6) is 0 Å². The fraction of sp³-hybridized carbons (Fsp3) is 0.588. The first-order chi connectivity index (χ1) is 11.8. The van der Waals surface area contributed by atoms with E-state index in [1.54, 1.807) is 6.07 Å². The quantitative estimate of drug-likeness (QED) is 0.831. The maximum atomic E-state index is 13.3. The normalized spacial score (nSPS) is 21.8. The molecule has 1 aliphatic carbocycles. The summed E-state index contributed by atoms with van der Waals surface area (Å²) < 4.78 is 40.8. The predicted molar refractivity (Wildman–Crippen MR) is 83.8 cm³/mol. The lowest BCUT2D eigenvalue weighted by atomic mass is 9.99. The topological polar surface area (TPSA) is 50.5 Å². The van der Waals surface area contributed by atoms with Gasteiger partial charge in [-0.2, -0.15) is 18.3 Å². The number of carbonyl (C=O) groups is 1. The van der Waals surface area contributed by atoms with Crippen LogP contribution in [0.15, 0.2) is 12.1 Å². The molecule has 1 saturated carbocycles. The maximum absolute atomic E-state index is 13.3. The number of rotatable bonds is 2. The highest BCUT2D eigenvalue weighted by molar-refractivity contribution is 5.81. The molecule has 1 saturated heterocycles. The first kappa shape index (κ1) is 16.4. The summed E-state index contributed by atoms with van der Waals surface area (Å²) in [4.78, 5) is 18.5. The van der Waals surface area contributed by atoms with Gasteiger partial charge in [0.1, 0.15) is 5.69 Å². The second-order valence-electron chi connectivity index (χ2n) is 6.94. The van der Waals surface area contributed by atoms with Crippen molar-refractivity contribution in [2.24, 2.45) is 5.92 Å². The van der Waals surface area contributed by atoms with E-state index in [2.05, 4.69) is 10.1 Å². The van der Waals surface area contributed by atoms with Crippen molar-refractivity contribution in [3.05, 3.63) is 29.2 Å². The number of nitrogens with zero attached hydrogens (tertiary/aromatic N) is 4. The van der Waals surface area contributed by atoms with Crippen LogP contribution < -0.4 is 0 Å².